The van der Waals surface area contributed by atoms with E-state index in [4.69, 9.17) is 0 Å². The Hall–Kier alpha value is -1.76. The van der Waals surface area contributed by atoms with Crippen molar-refractivity contribution in [2.24, 2.45) is 0 Å². The van der Waals surface area contributed by atoms with Gasteiger partial charge in [-0.2, -0.15) is 0 Å². The summed E-state index contributed by atoms with van der Waals surface area (Å²) in [6.45, 7) is 6.07. The van der Waals surface area contributed by atoms with Gasteiger partial charge in [-0.05, 0) is 31.7 Å². The number of piperazine rings is 1. The van der Waals surface area contributed by atoms with E-state index in [0.29, 0.717) is 6.04 Å². The first-order valence-electron chi connectivity index (χ1n) is 8.22. The van der Waals surface area contributed by atoms with E-state index in [1.165, 1.54) is 10.4 Å². The van der Waals surface area contributed by atoms with Crippen LogP contribution in [0.5, 0.6) is 0 Å². The molecule has 1 aliphatic rings. The molecule has 1 atom stereocenters. The second-order valence-electron chi connectivity index (χ2n) is 6.30. The molecule has 2 heterocycles. The minimum atomic E-state index is -0.0348. The molecule has 1 aromatic heterocycles. The molecule has 24 heavy (non-hydrogen) atoms. The molecular weight excluding hydrogens is 320 g/mol. The molecule has 0 radical (unpaired) electrons. The quantitative estimate of drug-likeness (QED) is 0.925. The smallest absolute Gasteiger partial charge is 0.251 e. The van der Waals surface area contributed by atoms with Crippen molar-refractivity contribution in [2.45, 2.75) is 19.5 Å². The standard InChI is InChI=1S/C18H24N4OS/c1-13-17(24-12-20-13)11-22-8-7-21(3)16(10-22)14-5-4-6-15(9-14)18(23)19-2/h4-6,9,12,16H,7-8,10-11H2,1-3H3,(H,19,23)/t16-/m1/s1. The molecule has 5 nitrogen and oxygen atoms in total. The fourth-order valence-electron chi connectivity index (χ4n) is 3.15. The molecular formula is C18H24N4OS. The number of hydrogen-bond donors (Lipinski definition) is 1. The van der Waals surface area contributed by atoms with E-state index in [2.05, 4.69) is 40.1 Å². The Morgan fingerprint density at radius 1 is 1.42 bits per heavy atom. The number of hydrogen-bond acceptors (Lipinski definition) is 5. The molecule has 1 N–H and O–H groups in total. The van der Waals surface area contributed by atoms with Crippen LogP contribution in [0.4, 0.5) is 0 Å². The van der Waals surface area contributed by atoms with E-state index in [1.807, 2.05) is 23.7 Å². The van der Waals surface area contributed by atoms with E-state index in [1.54, 1.807) is 18.4 Å². The van der Waals surface area contributed by atoms with E-state index in [-0.39, 0.29) is 5.91 Å². The summed E-state index contributed by atoms with van der Waals surface area (Å²) < 4.78 is 0. The zero-order valence-electron chi connectivity index (χ0n) is 14.5. The van der Waals surface area contributed by atoms with Crippen molar-refractivity contribution in [3.05, 3.63) is 51.5 Å². The number of rotatable bonds is 4. The van der Waals surface area contributed by atoms with Crippen molar-refractivity contribution < 1.29 is 4.79 Å². The molecule has 6 heteroatoms. The maximum atomic E-state index is 11.9. The first-order chi connectivity index (χ1) is 11.6. The summed E-state index contributed by atoms with van der Waals surface area (Å²) >= 11 is 1.73. The number of aryl methyl sites for hydroxylation is 1. The Morgan fingerprint density at radius 3 is 2.96 bits per heavy atom. The van der Waals surface area contributed by atoms with Gasteiger partial charge in [-0.15, -0.1) is 11.3 Å². The van der Waals surface area contributed by atoms with Crippen LogP contribution in [0.1, 0.15) is 32.5 Å². The van der Waals surface area contributed by atoms with Gasteiger partial charge in [0.1, 0.15) is 0 Å². The Bertz CT molecular complexity index is 715. The second-order valence-corrected chi connectivity index (χ2v) is 7.24. The molecule has 1 saturated heterocycles. The third kappa shape index (κ3) is 3.66. The first kappa shape index (κ1) is 17.1. The van der Waals surface area contributed by atoms with Crippen molar-refractivity contribution in [2.75, 3.05) is 33.7 Å². The van der Waals surface area contributed by atoms with Crippen LogP contribution in [0.3, 0.4) is 0 Å². The van der Waals surface area contributed by atoms with Gasteiger partial charge in [-0.25, -0.2) is 4.98 Å². The normalized spacial score (nSPS) is 19.4. The summed E-state index contributed by atoms with van der Waals surface area (Å²) in [6.07, 6.45) is 0. The van der Waals surface area contributed by atoms with Gasteiger partial charge in [0.15, 0.2) is 0 Å². The molecule has 128 valence electrons. The summed E-state index contributed by atoms with van der Waals surface area (Å²) in [7, 11) is 3.83. The predicted octanol–water partition coefficient (Wildman–Crippen LogP) is 2.30. The van der Waals surface area contributed by atoms with Crippen LogP contribution in [-0.2, 0) is 6.54 Å². The first-order valence-corrected chi connectivity index (χ1v) is 9.10. The second kappa shape index (κ2) is 7.42. The van der Waals surface area contributed by atoms with Crippen molar-refractivity contribution in [1.82, 2.24) is 20.1 Å². The monoisotopic (exact) mass is 344 g/mol. The zero-order valence-corrected chi connectivity index (χ0v) is 15.3. The van der Waals surface area contributed by atoms with Gasteiger partial charge < -0.3 is 5.32 Å². The Balaban J connectivity index is 1.76. The number of thiazole rings is 1. The average Bonchev–Trinajstić information content (AvgIpc) is 3.00. The lowest BCUT2D eigenvalue weighted by Crippen LogP contribution is -2.46. The van der Waals surface area contributed by atoms with Crippen LogP contribution >= 0.6 is 11.3 Å². The van der Waals surface area contributed by atoms with Gasteiger partial charge in [0.25, 0.3) is 5.91 Å². The predicted molar refractivity (Wildman–Crippen MR) is 97.3 cm³/mol. The number of nitrogens with zero attached hydrogens (tertiary/aromatic N) is 3. The molecule has 3 rings (SSSR count). The molecule has 0 saturated carbocycles. The van der Waals surface area contributed by atoms with Gasteiger partial charge >= 0.3 is 0 Å². The van der Waals surface area contributed by atoms with Crippen LogP contribution in [0.25, 0.3) is 0 Å². The molecule has 1 aliphatic heterocycles. The molecule has 0 unspecified atom stereocenters. The molecule has 0 spiro atoms. The van der Waals surface area contributed by atoms with Gasteiger partial charge in [-0.1, -0.05) is 12.1 Å². The molecule has 0 aliphatic carbocycles. The van der Waals surface area contributed by atoms with E-state index in [9.17, 15) is 4.79 Å². The van der Waals surface area contributed by atoms with Crippen molar-refractivity contribution >= 4 is 17.2 Å². The lowest BCUT2D eigenvalue weighted by molar-refractivity contribution is 0.0906. The number of amides is 1. The molecule has 1 aromatic carbocycles. The zero-order chi connectivity index (χ0) is 17.1. The summed E-state index contributed by atoms with van der Waals surface area (Å²) in [5, 5.41) is 2.70. The largest absolute Gasteiger partial charge is 0.355 e. The third-order valence-corrected chi connectivity index (χ3v) is 5.62. The minimum Gasteiger partial charge on any atom is -0.355 e. The lowest BCUT2D eigenvalue weighted by Gasteiger charge is -2.39. The average molecular weight is 344 g/mol. The fraction of sp³-hybridized carbons (Fsp3) is 0.444. The van der Waals surface area contributed by atoms with Crippen molar-refractivity contribution in [3.8, 4) is 0 Å². The highest BCUT2D eigenvalue weighted by Crippen LogP contribution is 2.26. The minimum absolute atomic E-state index is 0.0348. The maximum absolute atomic E-state index is 11.9. The fourth-order valence-corrected chi connectivity index (χ4v) is 3.96. The van der Waals surface area contributed by atoms with Gasteiger partial charge in [-0.3, -0.25) is 14.6 Å². The summed E-state index contributed by atoms with van der Waals surface area (Å²) in [5.74, 6) is -0.0348. The topological polar surface area (TPSA) is 48.5 Å². The lowest BCUT2D eigenvalue weighted by atomic mass is 10.00. The molecule has 0 bridgehead atoms. The Labute approximate surface area is 147 Å². The van der Waals surface area contributed by atoms with Crippen molar-refractivity contribution in [3.63, 3.8) is 0 Å². The highest BCUT2D eigenvalue weighted by molar-refractivity contribution is 7.09. The maximum Gasteiger partial charge on any atom is 0.251 e. The summed E-state index contributed by atoms with van der Waals surface area (Å²) in [4.78, 5) is 22.5. The molecule has 1 fully saturated rings. The summed E-state index contributed by atoms with van der Waals surface area (Å²) in [6, 6.07) is 8.27. The van der Waals surface area contributed by atoms with Crippen LogP contribution in [-0.4, -0.2) is 54.4 Å². The van der Waals surface area contributed by atoms with Gasteiger partial charge in [0, 0.05) is 49.7 Å². The number of nitrogens with one attached hydrogen (secondary N) is 1. The number of carbonyl (C=O) groups excluding carboxylic acids is 1. The van der Waals surface area contributed by atoms with Crippen LogP contribution in [0.15, 0.2) is 29.8 Å². The number of likely N-dealkylation sites (N-methyl/N-ethyl adjacent to an activating group) is 1. The summed E-state index contributed by atoms with van der Waals surface area (Å²) in [5.41, 5.74) is 4.98. The number of benzene rings is 1. The highest BCUT2D eigenvalue weighted by atomic mass is 32.1. The van der Waals surface area contributed by atoms with Gasteiger partial charge in [0.05, 0.1) is 11.2 Å². The molecule has 1 amide bonds. The van der Waals surface area contributed by atoms with Crippen LogP contribution in [0.2, 0.25) is 0 Å². The van der Waals surface area contributed by atoms with Gasteiger partial charge in [0.2, 0.25) is 0 Å². The Kier molecular flexibility index (Phi) is 5.28. The number of aromatic nitrogens is 1. The van der Waals surface area contributed by atoms with E-state index < -0.39 is 0 Å². The third-order valence-electron chi connectivity index (χ3n) is 4.70. The number of carbonyl (C=O) groups is 1. The SMILES string of the molecule is CNC(=O)c1cccc([C@H]2CN(Cc3scnc3C)CCN2C)c1. The Morgan fingerprint density at radius 2 is 2.25 bits per heavy atom. The highest BCUT2D eigenvalue weighted by Gasteiger charge is 2.26. The van der Waals surface area contributed by atoms with Crippen molar-refractivity contribution in [1.29, 1.82) is 0 Å². The van der Waals surface area contributed by atoms with Crippen LogP contribution < -0.4 is 5.32 Å². The van der Waals surface area contributed by atoms with Crippen LogP contribution in [0, 0.1) is 6.92 Å². The van der Waals surface area contributed by atoms with E-state index >= 15 is 0 Å². The molecule has 2 aromatic rings. The van der Waals surface area contributed by atoms with E-state index in [0.717, 1.165) is 37.4 Å².